The number of carbonyl (C=O) groups excluding carboxylic acids is 1. The topological polar surface area (TPSA) is 41.6 Å². The highest BCUT2D eigenvalue weighted by atomic mass is 16.6. The quantitative estimate of drug-likeness (QED) is 0.910. The number of benzene rings is 1. The summed E-state index contributed by atoms with van der Waals surface area (Å²) in [6.07, 6.45) is 0.745. The Morgan fingerprint density at radius 3 is 2.76 bits per heavy atom. The lowest BCUT2D eigenvalue weighted by molar-refractivity contribution is 0.0117. The molecule has 1 heterocycles. The predicted molar refractivity (Wildman–Crippen MR) is 84.4 cm³/mol. The molecular formula is C17H26N2O2. The van der Waals surface area contributed by atoms with E-state index >= 15 is 0 Å². The van der Waals surface area contributed by atoms with E-state index in [0.29, 0.717) is 6.54 Å². The second-order valence-electron chi connectivity index (χ2n) is 6.45. The van der Waals surface area contributed by atoms with Gasteiger partial charge in [-0.05, 0) is 38.3 Å². The van der Waals surface area contributed by atoms with E-state index in [-0.39, 0.29) is 12.1 Å². The second kappa shape index (κ2) is 6.48. The van der Waals surface area contributed by atoms with Gasteiger partial charge < -0.3 is 10.1 Å². The van der Waals surface area contributed by atoms with Crippen molar-refractivity contribution in [1.82, 2.24) is 10.2 Å². The predicted octanol–water partition coefficient (Wildman–Crippen LogP) is 3.13. The molecule has 1 N–H and O–H groups in total. The molecule has 1 atom stereocenters. The van der Waals surface area contributed by atoms with E-state index in [1.807, 2.05) is 31.7 Å². The molecule has 0 bridgehead atoms. The molecule has 116 valence electrons. The largest absolute Gasteiger partial charge is 0.444 e. The second-order valence-corrected chi connectivity index (χ2v) is 6.45. The van der Waals surface area contributed by atoms with Crippen molar-refractivity contribution in [3.8, 4) is 0 Å². The first-order valence-electron chi connectivity index (χ1n) is 7.70. The van der Waals surface area contributed by atoms with Gasteiger partial charge in [-0.2, -0.15) is 0 Å². The molecule has 1 aliphatic rings. The summed E-state index contributed by atoms with van der Waals surface area (Å²) in [4.78, 5) is 14.3. The SMILES string of the molecule is CCc1ccccc1C1CNCCN1C(=O)OC(C)(C)C. The number of piperazine rings is 1. The molecule has 21 heavy (non-hydrogen) atoms. The molecule has 2 rings (SSSR count). The van der Waals surface area contributed by atoms with Crippen molar-refractivity contribution in [3.05, 3.63) is 35.4 Å². The van der Waals surface area contributed by atoms with E-state index in [1.54, 1.807) is 0 Å². The number of nitrogens with one attached hydrogen (secondary N) is 1. The molecule has 4 heteroatoms. The summed E-state index contributed by atoms with van der Waals surface area (Å²) in [5.41, 5.74) is 2.05. The zero-order chi connectivity index (χ0) is 15.5. The van der Waals surface area contributed by atoms with E-state index in [2.05, 4.69) is 30.4 Å². The van der Waals surface area contributed by atoms with Gasteiger partial charge in [-0.1, -0.05) is 31.2 Å². The van der Waals surface area contributed by atoms with Crippen molar-refractivity contribution >= 4 is 6.09 Å². The first-order chi connectivity index (χ1) is 9.92. The third-order valence-corrected chi connectivity index (χ3v) is 3.67. The standard InChI is InChI=1S/C17H26N2O2/c1-5-13-8-6-7-9-14(13)15-12-18-10-11-19(15)16(20)21-17(2,3)4/h6-9,15,18H,5,10-12H2,1-4H3. The highest BCUT2D eigenvalue weighted by Crippen LogP contribution is 2.27. The van der Waals surface area contributed by atoms with Crippen LogP contribution < -0.4 is 5.32 Å². The highest BCUT2D eigenvalue weighted by molar-refractivity contribution is 5.69. The summed E-state index contributed by atoms with van der Waals surface area (Å²) >= 11 is 0. The van der Waals surface area contributed by atoms with Crippen LogP contribution in [-0.2, 0) is 11.2 Å². The van der Waals surface area contributed by atoms with Gasteiger partial charge >= 0.3 is 6.09 Å². The first-order valence-corrected chi connectivity index (χ1v) is 7.70. The Bertz CT molecular complexity index is 494. The Labute approximate surface area is 127 Å². The molecule has 1 saturated heterocycles. The molecular weight excluding hydrogens is 264 g/mol. The van der Waals surface area contributed by atoms with Crippen molar-refractivity contribution in [2.24, 2.45) is 0 Å². The minimum atomic E-state index is -0.462. The molecule has 0 spiro atoms. The zero-order valence-electron chi connectivity index (χ0n) is 13.5. The lowest BCUT2D eigenvalue weighted by Gasteiger charge is -2.38. The lowest BCUT2D eigenvalue weighted by atomic mass is 9.96. The molecule has 1 unspecified atom stereocenters. The number of rotatable bonds is 2. The van der Waals surface area contributed by atoms with Gasteiger partial charge in [-0.15, -0.1) is 0 Å². The van der Waals surface area contributed by atoms with Crippen molar-refractivity contribution < 1.29 is 9.53 Å². The Morgan fingerprint density at radius 2 is 2.10 bits per heavy atom. The minimum absolute atomic E-state index is 0.0461. The van der Waals surface area contributed by atoms with Crippen LogP contribution in [0.5, 0.6) is 0 Å². The van der Waals surface area contributed by atoms with Crippen LogP contribution in [-0.4, -0.2) is 36.2 Å². The number of amides is 1. The smallest absolute Gasteiger partial charge is 0.410 e. The summed E-state index contributed by atoms with van der Waals surface area (Å²) < 4.78 is 5.56. The molecule has 0 radical (unpaired) electrons. The van der Waals surface area contributed by atoms with Gasteiger partial charge in [0.1, 0.15) is 5.60 Å². The molecule has 0 saturated carbocycles. The number of nitrogens with zero attached hydrogens (tertiary/aromatic N) is 1. The molecule has 1 aromatic rings. The van der Waals surface area contributed by atoms with Gasteiger partial charge in [0.2, 0.25) is 0 Å². The molecule has 4 nitrogen and oxygen atoms in total. The number of ether oxygens (including phenoxy) is 1. The molecule has 1 fully saturated rings. The zero-order valence-corrected chi connectivity index (χ0v) is 13.5. The first kappa shape index (κ1) is 15.8. The maximum absolute atomic E-state index is 12.5. The van der Waals surface area contributed by atoms with Crippen LogP contribution in [0.4, 0.5) is 4.79 Å². The van der Waals surface area contributed by atoms with Gasteiger partial charge in [-0.25, -0.2) is 4.79 Å². The Morgan fingerprint density at radius 1 is 1.38 bits per heavy atom. The maximum atomic E-state index is 12.5. The van der Waals surface area contributed by atoms with Gasteiger partial charge in [0.15, 0.2) is 0 Å². The van der Waals surface area contributed by atoms with Gasteiger partial charge in [0, 0.05) is 19.6 Å². The summed E-state index contributed by atoms with van der Waals surface area (Å²) in [5, 5.41) is 3.38. The van der Waals surface area contributed by atoms with E-state index < -0.39 is 5.60 Å². The number of aryl methyl sites for hydroxylation is 1. The highest BCUT2D eigenvalue weighted by Gasteiger charge is 2.32. The lowest BCUT2D eigenvalue weighted by Crippen LogP contribution is -2.50. The molecule has 0 aliphatic carbocycles. The van der Waals surface area contributed by atoms with E-state index in [9.17, 15) is 4.79 Å². The van der Waals surface area contributed by atoms with E-state index in [0.717, 1.165) is 19.5 Å². The van der Waals surface area contributed by atoms with Crippen LogP contribution in [0.15, 0.2) is 24.3 Å². The number of carbonyl (C=O) groups is 1. The van der Waals surface area contributed by atoms with Crippen LogP contribution in [0.25, 0.3) is 0 Å². The normalized spacial score (nSPS) is 19.4. The molecule has 1 amide bonds. The average molecular weight is 290 g/mol. The monoisotopic (exact) mass is 290 g/mol. The fourth-order valence-electron chi connectivity index (χ4n) is 2.70. The van der Waals surface area contributed by atoms with Crippen molar-refractivity contribution in [3.63, 3.8) is 0 Å². The Hall–Kier alpha value is -1.55. The average Bonchev–Trinajstić information content (AvgIpc) is 2.45. The Kier molecular flexibility index (Phi) is 4.88. The van der Waals surface area contributed by atoms with Crippen LogP contribution in [0, 0.1) is 0 Å². The molecule has 1 aromatic carbocycles. The van der Waals surface area contributed by atoms with Crippen LogP contribution in [0.1, 0.15) is 44.9 Å². The van der Waals surface area contributed by atoms with Gasteiger partial charge in [-0.3, -0.25) is 4.90 Å². The van der Waals surface area contributed by atoms with E-state index in [4.69, 9.17) is 4.74 Å². The fraction of sp³-hybridized carbons (Fsp3) is 0.588. The summed E-state index contributed by atoms with van der Waals surface area (Å²) in [6.45, 7) is 10.1. The third kappa shape index (κ3) is 3.97. The Balaban J connectivity index is 2.25. The van der Waals surface area contributed by atoms with E-state index in [1.165, 1.54) is 11.1 Å². The van der Waals surface area contributed by atoms with Gasteiger partial charge in [0.05, 0.1) is 6.04 Å². The van der Waals surface area contributed by atoms with Gasteiger partial charge in [0.25, 0.3) is 0 Å². The number of hydrogen-bond donors (Lipinski definition) is 1. The summed E-state index contributed by atoms with van der Waals surface area (Å²) in [7, 11) is 0. The minimum Gasteiger partial charge on any atom is -0.444 e. The third-order valence-electron chi connectivity index (χ3n) is 3.67. The van der Waals surface area contributed by atoms with Crippen LogP contribution in [0.3, 0.4) is 0 Å². The summed E-state index contributed by atoms with van der Waals surface area (Å²) in [6, 6.07) is 8.39. The fourth-order valence-corrected chi connectivity index (χ4v) is 2.70. The van der Waals surface area contributed by atoms with Crippen molar-refractivity contribution in [2.75, 3.05) is 19.6 Å². The number of hydrogen-bond acceptors (Lipinski definition) is 3. The maximum Gasteiger partial charge on any atom is 0.410 e. The summed E-state index contributed by atoms with van der Waals surface area (Å²) in [5.74, 6) is 0. The van der Waals surface area contributed by atoms with Crippen molar-refractivity contribution in [2.45, 2.75) is 45.8 Å². The van der Waals surface area contributed by atoms with Crippen LogP contribution in [0.2, 0.25) is 0 Å². The molecule has 0 aromatic heterocycles. The van der Waals surface area contributed by atoms with Crippen molar-refractivity contribution in [1.29, 1.82) is 0 Å². The molecule has 1 aliphatic heterocycles. The van der Waals surface area contributed by atoms with Crippen LogP contribution >= 0.6 is 0 Å².